The predicted octanol–water partition coefficient (Wildman–Crippen LogP) is 2.34. The number of rotatable bonds is 2. The first-order valence-electron chi connectivity index (χ1n) is 4.86. The maximum atomic E-state index is 9.12. The fourth-order valence-corrected chi connectivity index (χ4v) is 1.29. The standard InChI is InChI=1S/C13H16O2/c1-5-11-10(9-14)7-6-8-12(11)15-13(2,3)4/h1,6-8,14H,9H2,2-4H3. The van der Waals surface area contributed by atoms with Crippen LogP contribution in [0.1, 0.15) is 31.9 Å². The summed E-state index contributed by atoms with van der Waals surface area (Å²) in [4.78, 5) is 0. The van der Waals surface area contributed by atoms with Crippen molar-refractivity contribution in [3.8, 4) is 18.1 Å². The molecule has 1 aromatic rings. The van der Waals surface area contributed by atoms with Gasteiger partial charge >= 0.3 is 0 Å². The second-order valence-corrected chi connectivity index (χ2v) is 4.31. The van der Waals surface area contributed by atoms with Crippen LogP contribution >= 0.6 is 0 Å². The van der Waals surface area contributed by atoms with Crippen LogP contribution in [-0.2, 0) is 6.61 Å². The zero-order valence-corrected chi connectivity index (χ0v) is 9.37. The van der Waals surface area contributed by atoms with Crippen LogP contribution in [0.4, 0.5) is 0 Å². The minimum Gasteiger partial charge on any atom is -0.487 e. The van der Waals surface area contributed by atoms with E-state index < -0.39 is 0 Å². The van der Waals surface area contributed by atoms with Gasteiger partial charge in [0.1, 0.15) is 11.4 Å². The Morgan fingerprint density at radius 2 is 2.07 bits per heavy atom. The van der Waals surface area contributed by atoms with Crippen LogP contribution in [0.3, 0.4) is 0 Å². The molecule has 0 aromatic heterocycles. The molecule has 80 valence electrons. The third-order valence-electron chi connectivity index (χ3n) is 1.84. The van der Waals surface area contributed by atoms with E-state index in [-0.39, 0.29) is 12.2 Å². The zero-order chi connectivity index (χ0) is 11.5. The van der Waals surface area contributed by atoms with E-state index in [2.05, 4.69) is 5.92 Å². The molecule has 2 heteroatoms. The van der Waals surface area contributed by atoms with E-state index in [1.165, 1.54) is 0 Å². The van der Waals surface area contributed by atoms with Crippen molar-refractivity contribution in [3.63, 3.8) is 0 Å². The highest BCUT2D eigenvalue weighted by molar-refractivity contribution is 5.50. The maximum absolute atomic E-state index is 9.12. The minimum absolute atomic E-state index is 0.0686. The Hall–Kier alpha value is -1.46. The van der Waals surface area contributed by atoms with E-state index in [4.69, 9.17) is 16.3 Å². The molecule has 0 saturated carbocycles. The van der Waals surface area contributed by atoms with Crippen LogP contribution < -0.4 is 4.74 Å². The van der Waals surface area contributed by atoms with E-state index in [0.29, 0.717) is 11.3 Å². The summed E-state index contributed by atoms with van der Waals surface area (Å²) in [5, 5.41) is 9.12. The first kappa shape index (κ1) is 11.6. The third-order valence-corrected chi connectivity index (χ3v) is 1.84. The van der Waals surface area contributed by atoms with E-state index in [1.807, 2.05) is 32.9 Å². The number of hydrogen-bond donors (Lipinski definition) is 1. The van der Waals surface area contributed by atoms with Gasteiger partial charge in [0, 0.05) is 0 Å². The second kappa shape index (κ2) is 4.37. The molecule has 0 radical (unpaired) electrons. The molecule has 1 rings (SSSR count). The van der Waals surface area contributed by atoms with Crippen molar-refractivity contribution in [2.24, 2.45) is 0 Å². The van der Waals surface area contributed by atoms with Gasteiger partial charge in [0.15, 0.2) is 0 Å². The third kappa shape index (κ3) is 3.00. The molecule has 1 aromatic carbocycles. The van der Waals surface area contributed by atoms with Gasteiger partial charge in [0.2, 0.25) is 0 Å². The molecule has 0 aliphatic rings. The molecule has 0 aliphatic heterocycles. The van der Waals surface area contributed by atoms with Crippen molar-refractivity contribution < 1.29 is 9.84 Å². The fraction of sp³-hybridized carbons (Fsp3) is 0.385. The summed E-state index contributed by atoms with van der Waals surface area (Å²) >= 11 is 0. The SMILES string of the molecule is C#Cc1c(CO)cccc1OC(C)(C)C. The Balaban J connectivity index is 3.14. The number of terminal acetylenes is 1. The lowest BCUT2D eigenvalue weighted by molar-refractivity contribution is 0.130. The van der Waals surface area contributed by atoms with E-state index >= 15 is 0 Å². The Morgan fingerprint density at radius 1 is 1.40 bits per heavy atom. The number of aliphatic hydroxyl groups excluding tert-OH is 1. The molecule has 0 atom stereocenters. The molecule has 0 fully saturated rings. The van der Waals surface area contributed by atoms with Gasteiger partial charge in [-0.15, -0.1) is 6.42 Å². The molecule has 2 nitrogen and oxygen atoms in total. The lowest BCUT2D eigenvalue weighted by atomic mass is 10.1. The second-order valence-electron chi connectivity index (χ2n) is 4.31. The highest BCUT2D eigenvalue weighted by atomic mass is 16.5. The largest absolute Gasteiger partial charge is 0.487 e. The van der Waals surface area contributed by atoms with E-state index in [9.17, 15) is 0 Å². The molecular formula is C13H16O2. The highest BCUT2D eigenvalue weighted by Crippen LogP contribution is 2.25. The molecule has 0 unspecified atom stereocenters. The fourth-order valence-electron chi connectivity index (χ4n) is 1.29. The van der Waals surface area contributed by atoms with Gasteiger partial charge in [-0.25, -0.2) is 0 Å². The summed E-state index contributed by atoms with van der Waals surface area (Å²) < 4.78 is 5.71. The average molecular weight is 204 g/mol. The number of hydrogen-bond acceptors (Lipinski definition) is 2. The Kier molecular flexibility index (Phi) is 3.39. The van der Waals surface area contributed by atoms with Crippen LogP contribution in [0.2, 0.25) is 0 Å². The molecule has 0 saturated heterocycles. The van der Waals surface area contributed by atoms with Gasteiger partial charge in [0.05, 0.1) is 12.2 Å². The first-order valence-corrected chi connectivity index (χ1v) is 4.86. The number of aliphatic hydroxyl groups is 1. The van der Waals surface area contributed by atoms with E-state index in [1.54, 1.807) is 6.07 Å². The van der Waals surface area contributed by atoms with Crippen LogP contribution in [0.15, 0.2) is 18.2 Å². The van der Waals surface area contributed by atoms with Gasteiger partial charge in [-0.2, -0.15) is 0 Å². The van der Waals surface area contributed by atoms with Gasteiger partial charge in [0.25, 0.3) is 0 Å². The smallest absolute Gasteiger partial charge is 0.136 e. The topological polar surface area (TPSA) is 29.5 Å². The van der Waals surface area contributed by atoms with Crippen LogP contribution in [0.25, 0.3) is 0 Å². The van der Waals surface area contributed by atoms with Gasteiger partial charge in [-0.3, -0.25) is 0 Å². The molecule has 0 bridgehead atoms. The molecule has 0 aliphatic carbocycles. The predicted molar refractivity (Wildman–Crippen MR) is 60.7 cm³/mol. The van der Waals surface area contributed by atoms with Crippen molar-refractivity contribution in [2.45, 2.75) is 33.0 Å². The Labute approximate surface area is 90.9 Å². The summed E-state index contributed by atoms with van der Waals surface area (Å²) in [5.41, 5.74) is 1.06. The van der Waals surface area contributed by atoms with Gasteiger partial charge < -0.3 is 9.84 Å². The molecule has 0 spiro atoms. The summed E-state index contributed by atoms with van der Waals surface area (Å²) in [6, 6.07) is 5.44. The molecule has 15 heavy (non-hydrogen) atoms. The first-order chi connectivity index (χ1) is 6.98. The quantitative estimate of drug-likeness (QED) is 0.749. The van der Waals surface area contributed by atoms with Crippen molar-refractivity contribution in [3.05, 3.63) is 29.3 Å². The van der Waals surface area contributed by atoms with Crippen LogP contribution in [0, 0.1) is 12.3 Å². The monoisotopic (exact) mass is 204 g/mol. The summed E-state index contributed by atoms with van der Waals surface area (Å²) in [6.45, 7) is 5.80. The minimum atomic E-state index is -0.292. The summed E-state index contributed by atoms with van der Waals surface area (Å²) in [7, 11) is 0. The van der Waals surface area contributed by atoms with Gasteiger partial charge in [-0.05, 0) is 32.4 Å². The average Bonchev–Trinajstić information content (AvgIpc) is 2.15. The highest BCUT2D eigenvalue weighted by Gasteiger charge is 2.15. The zero-order valence-electron chi connectivity index (χ0n) is 9.37. The normalized spacial score (nSPS) is 10.9. The number of benzene rings is 1. The molecule has 0 heterocycles. The van der Waals surface area contributed by atoms with Gasteiger partial charge in [-0.1, -0.05) is 18.1 Å². The van der Waals surface area contributed by atoms with Crippen LogP contribution in [0.5, 0.6) is 5.75 Å². The molecule has 0 amide bonds. The lowest BCUT2D eigenvalue weighted by Gasteiger charge is -2.22. The van der Waals surface area contributed by atoms with Crippen LogP contribution in [-0.4, -0.2) is 10.7 Å². The van der Waals surface area contributed by atoms with Crippen molar-refractivity contribution in [1.82, 2.24) is 0 Å². The van der Waals surface area contributed by atoms with Crippen molar-refractivity contribution in [2.75, 3.05) is 0 Å². The Morgan fingerprint density at radius 3 is 2.53 bits per heavy atom. The summed E-state index contributed by atoms with van der Waals surface area (Å²) in [5.74, 6) is 3.20. The summed E-state index contributed by atoms with van der Waals surface area (Å²) in [6.07, 6.45) is 5.40. The van der Waals surface area contributed by atoms with Crippen molar-refractivity contribution >= 4 is 0 Å². The Bertz CT molecular complexity index is 381. The van der Waals surface area contributed by atoms with Crippen molar-refractivity contribution in [1.29, 1.82) is 0 Å². The lowest BCUT2D eigenvalue weighted by Crippen LogP contribution is -2.23. The maximum Gasteiger partial charge on any atom is 0.136 e. The van der Waals surface area contributed by atoms with E-state index in [0.717, 1.165) is 5.56 Å². The molecule has 1 N–H and O–H groups in total. The molecular weight excluding hydrogens is 188 g/mol. The number of ether oxygens (including phenoxy) is 1.